The van der Waals surface area contributed by atoms with Crippen molar-refractivity contribution in [3.8, 4) is 0 Å². The molecular weight excluding hydrogens is 319 g/mol. The number of rotatable bonds is 6. The monoisotopic (exact) mass is 338 g/mol. The maximum absolute atomic E-state index is 13.5. The van der Waals surface area contributed by atoms with Crippen LogP contribution in [0.2, 0.25) is 0 Å². The number of hydrogen-bond donors (Lipinski definition) is 2. The lowest BCUT2D eigenvalue weighted by Gasteiger charge is -2.04. The lowest BCUT2D eigenvalue weighted by molar-refractivity contribution is -0.116. The summed E-state index contributed by atoms with van der Waals surface area (Å²) in [7, 11) is 0. The van der Waals surface area contributed by atoms with E-state index in [-0.39, 0.29) is 24.2 Å². The highest BCUT2D eigenvalue weighted by Gasteiger charge is 2.23. The Bertz CT molecular complexity index is 796. The zero-order valence-electron chi connectivity index (χ0n) is 13.7. The molecule has 1 aliphatic rings. The van der Waals surface area contributed by atoms with E-state index in [1.165, 1.54) is 12.1 Å². The Labute approximate surface area is 145 Å². The Balaban J connectivity index is 1.51. The molecule has 4 nitrogen and oxygen atoms in total. The Morgan fingerprint density at radius 1 is 1.08 bits per heavy atom. The number of halogens is 1. The molecule has 0 atom stereocenters. The summed E-state index contributed by atoms with van der Waals surface area (Å²) >= 11 is 0. The molecule has 128 valence electrons. The maximum atomic E-state index is 13.5. The van der Waals surface area contributed by atoms with Gasteiger partial charge in [-0.1, -0.05) is 30.3 Å². The van der Waals surface area contributed by atoms with Crippen molar-refractivity contribution in [3.05, 3.63) is 77.1 Å². The predicted molar refractivity (Wildman–Crippen MR) is 94.2 cm³/mol. The second kappa shape index (κ2) is 7.75. The van der Waals surface area contributed by atoms with E-state index in [1.807, 2.05) is 0 Å². The summed E-state index contributed by atoms with van der Waals surface area (Å²) < 4.78 is 13.5. The van der Waals surface area contributed by atoms with E-state index in [1.54, 1.807) is 48.5 Å². The van der Waals surface area contributed by atoms with Gasteiger partial charge in [0.2, 0.25) is 5.91 Å². The van der Waals surface area contributed by atoms with Crippen LogP contribution in [-0.2, 0) is 11.3 Å². The van der Waals surface area contributed by atoms with E-state index in [4.69, 9.17) is 0 Å². The Morgan fingerprint density at radius 2 is 1.80 bits per heavy atom. The molecule has 0 spiro atoms. The van der Waals surface area contributed by atoms with E-state index in [2.05, 4.69) is 10.6 Å². The second-order valence-electron chi connectivity index (χ2n) is 6.01. The summed E-state index contributed by atoms with van der Waals surface area (Å²) in [6, 6.07) is 13.7. The minimum atomic E-state index is -0.341. The molecule has 25 heavy (non-hydrogen) atoms. The fraction of sp³-hybridized carbons (Fsp3) is 0.200. The third kappa shape index (κ3) is 5.01. The topological polar surface area (TPSA) is 58.2 Å². The summed E-state index contributed by atoms with van der Waals surface area (Å²) in [6.07, 6.45) is 5.14. The van der Waals surface area contributed by atoms with Gasteiger partial charge in [-0.25, -0.2) is 4.39 Å². The van der Waals surface area contributed by atoms with E-state index >= 15 is 0 Å². The van der Waals surface area contributed by atoms with Crippen LogP contribution in [0.5, 0.6) is 0 Å². The highest BCUT2D eigenvalue weighted by molar-refractivity contribution is 5.95. The molecular formula is C20H19FN2O2. The standard InChI is InChI=1S/C20H19FN2O2/c21-18-4-2-1-3-16(18)13-22-19(24)12-7-14-5-8-15(9-6-14)20(25)23-17-10-11-17/h1-9,12,17H,10-11,13H2,(H,22,24)(H,23,25)/b12-7+. The van der Waals surface area contributed by atoms with E-state index < -0.39 is 0 Å². The maximum Gasteiger partial charge on any atom is 0.251 e. The molecule has 1 fully saturated rings. The minimum Gasteiger partial charge on any atom is -0.349 e. The largest absolute Gasteiger partial charge is 0.349 e. The van der Waals surface area contributed by atoms with E-state index in [0.717, 1.165) is 18.4 Å². The molecule has 2 amide bonds. The Hall–Kier alpha value is -2.95. The van der Waals surface area contributed by atoms with Crippen LogP contribution >= 0.6 is 0 Å². The van der Waals surface area contributed by atoms with Gasteiger partial charge in [0, 0.05) is 29.8 Å². The van der Waals surface area contributed by atoms with Gasteiger partial charge in [-0.3, -0.25) is 9.59 Å². The molecule has 3 rings (SSSR count). The number of carbonyl (C=O) groups excluding carboxylic acids is 2. The summed E-state index contributed by atoms with van der Waals surface area (Å²) in [5, 5.41) is 5.56. The number of amides is 2. The first kappa shape index (κ1) is 16.9. The van der Waals surface area contributed by atoms with Crippen molar-refractivity contribution >= 4 is 17.9 Å². The zero-order valence-corrected chi connectivity index (χ0v) is 13.7. The smallest absolute Gasteiger partial charge is 0.251 e. The van der Waals surface area contributed by atoms with Crippen LogP contribution in [-0.4, -0.2) is 17.9 Å². The lowest BCUT2D eigenvalue weighted by atomic mass is 10.1. The van der Waals surface area contributed by atoms with Crippen molar-refractivity contribution in [1.82, 2.24) is 10.6 Å². The van der Waals surface area contributed by atoms with Crippen molar-refractivity contribution in [2.24, 2.45) is 0 Å². The molecule has 0 saturated heterocycles. The lowest BCUT2D eigenvalue weighted by Crippen LogP contribution is -2.25. The summed E-state index contributed by atoms with van der Waals surface area (Å²) in [6.45, 7) is 0.135. The van der Waals surface area contributed by atoms with Gasteiger partial charge in [0.15, 0.2) is 0 Å². The minimum absolute atomic E-state index is 0.0688. The van der Waals surface area contributed by atoms with Gasteiger partial charge in [-0.15, -0.1) is 0 Å². The molecule has 2 aromatic rings. The molecule has 5 heteroatoms. The van der Waals surface area contributed by atoms with Crippen molar-refractivity contribution < 1.29 is 14.0 Å². The fourth-order valence-electron chi connectivity index (χ4n) is 2.30. The molecule has 1 aliphatic carbocycles. The van der Waals surface area contributed by atoms with Gasteiger partial charge in [-0.2, -0.15) is 0 Å². The molecule has 2 aromatic carbocycles. The number of benzene rings is 2. The van der Waals surface area contributed by atoms with Crippen LogP contribution in [0.4, 0.5) is 4.39 Å². The second-order valence-corrected chi connectivity index (χ2v) is 6.01. The number of nitrogens with one attached hydrogen (secondary N) is 2. The molecule has 0 aromatic heterocycles. The SMILES string of the molecule is O=C(/C=C/c1ccc(C(=O)NC2CC2)cc1)NCc1ccccc1F. The summed E-state index contributed by atoms with van der Waals surface area (Å²) in [5.74, 6) is -0.716. The van der Waals surface area contributed by atoms with Crippen LogP contribution in [0, 0.1) is 5.82 Å². The van der Waals surface area contributed by atoms with Gasteiger partial charge in [0.1, 0.15) is 5.82 Å². The molecule has 2 N–H and O–H groups in total. The molecule has 1 saturated carbocycles. The average Bonchev–Trinajstić information content (AvgIpc) is 3.43. The van der Waals surface area contributed by atoms with Crippen molar-refractivity contribution in [2.75, 3.05) is 0 Å². The number of hydrogen-bond acceptors (Lipinski definition) is 2. The van der Waals surface area contributed by atoms with Crippen LogP contribution in [0.1, 0.15) is 34.3 Å². The highest BCUT2D eigenvalue weighted by Crippen LogP contribution is 2.19. The Morgan fingerprint density at radius 3 is 2.48 bits per heavy atom. The van der Waals surface area contributed by atoms with E-state index in [9.17, 15) is 14.0 Å². The third-order valence-corrected chi connectivity index (χ3v) is 3.92. The number of carbonyl (C=O) groups is 2. The third-order valence-electron chi connectivity index (χ3n) is 3.92. The van der Waals surface area contributed by atoms with Crippen LogP contribution in [0.25, 0.3) is 6.08 Å². The first-order valence-electron chi connectivity index (χ1n) is 8.22. The van der Waals surface area contributed by atoms with Crippen molar-refractivity contribution in [3.63, 3.8) is 0 Å². The molecule has 0 aliphatic heterocycles. The van der Waals surface area contributed by atoms with Gasteiger partial charge < -0.3 is 10.6 Å². The molecule has 0 unspecified atom stereocenters. The highest BCUT2D eigenvalue weighted by atomic mass is 19.1. The van der Waals surface area contributed by atoms with Crippen molar-refractivity contribution in [1.29, 1.82) is 0 Å². The quantitative estimate of drug-likeness (QED) is 0.796. The van der Waals surface area contributed by atoms with Crippen molar-refractivity contribution in [2.45, 2.75) is 25.4 Å². The fourth-order valence-corrected chi connectivity index (χ4v) is 2.30. The van der Waals surface area contributed by atoms with Gasteiger partial charge in [0.05, 0.1) is 0 Å². The van der Waals surface area contributed by atoms with Gasteiger partial charge in [0.25, 0.3) is 5.91 Å². The zero-order chi connectivity index (χ0) is 17.6. The molecule has 0 heterocycles. The first-order valence-corrected chi connectivity index (χ1v) is 8.22. The van der Waals surface area contributed by atoms with Gasteiger partial charge in [-0.05, 0) is 42.7 Å². The van der Waals surface area contributed by atoms with E-state index in [0.29, 0.717) is 17.2 Å². The van der Waals surface area contributed by atoms with Crippen LogP contribution in [0.3, 0.4) is 0 Å². The molecule has 0 radical (unpaired) electrons. The Kier molecular flexibility index (Phi) is 5.23. The normalized spacial score (nSPS) is 13.6. The van der Waals surface area contributed by atoms with Crippen LogP contribution in [0.15, 0.2) is 54.6 Å². The predicted octanol–water partition coefficient (Wildman–Crippen LogP) is 3.05. The first-order chi connectivity index (χ1) is 12.1. The summed E-state index contributed by atoms with van der Waals surface area (Å²) in [5.41, 5.74) is 1.85. The average molecular weight is 338 g/mol. The van der Waals surface area contributed by atoms with Crippen LogP contribution < -0.4 is 10.6 Å². The molecule has 0 bridgehead atoms. The van der Waals surface area contributed by atoms with Gasteiger partial charge >= 0.3 is 0 Å². The summed E-state index contributed by atoms with van der Waals surface area (Å²) in [4.78, 5) is 23.7.